The Morgan fingerprint density at radius 3 is 2.90 bits per heavy atom. The van der Waals surface area contributed by atoms with Crippen molar-refractivity contribution in [3.63, 3.8) is 0 Å². The zero-order chi connectivity index (χ0) is 14.4. The van der Waals surface area contributed by atoms with Crippen molar-refractivity contribution in [1.82, 2.24) is 4.90 Å². The van der Waals surface area contributed by atoms with Crippen molar-refractivity contribution in [1.29, 1.82) is 0 Å². The van der Waals surface area contributed by atoms with Gasteiger partial charge in [0.25, 0.3) is 5.91 Å². The van der Waals surface area contributed by atoms with Crippen LogP contribution in [-0.2, 0) is 0 Å². The van der Waals surface area contributed by atoms with Crippen LogP contribution in [0.3, 0.4) is 0 Å². The van der Waals surface area contributed by atoms with Crippen LogP contribution < -0.4 is 0 Å². The van der Waals surface area contributed by atoms with E-state index < -0.39 is 0 Å². The topological polar surface area (TPSA) is 20.3 Å². The monoisotopic (exact) mass is 299 g/mol. The van der Waals surface area contributed by atoms with Crippen molar-refractivity contribution in [3.8, 4) is 0 Å². The van der Waals surface area contributed by atoms with E-state index in [9.17, 15) is 4.79 Å². The molecule has 3 heteroatoms. The Hall–Kier alpha value is -1.35. The maximum Gasteiger partial charge on any atom is 0.264 e. The summed E-state index contributed by atoms with van der Waals surface area (Å²) < 4.78 is 1.22. The highest BCUT2D eigenvalue weighted by molar-refractivity contribution is 7.20. The van der Waals surface area contributed by atoms with Gasteiger partial charge in [0.15, 0.2) is 0 Å². The van der Waals surface area contributed by atoms with Gasteiger partial charge in [-0.05, 0) is 49.6 Å². The number of carbonyl (C=O) groups excluding carboxylic acids is 1. The number of benzene rings is 1. The number of hydrogen-bond donors (Lipinski definition) is 0. The van der Waals surface area contributed by atoms with E-state index in [2.05, 4.69) is 30.0 Å². The number of nitrogens with zero attached hydrogens (tertiary/aromatic N) is 1. The van der Waals surface area contributed by atoms with E-state index in [1.54, 1.807) is 11.3 Å². The van der Waals surface area contributed by atoms with Gasteiger partial charge in [0, 0.05) is 16.8 Å². The highest BCUT2D eigenvalue weighted by atomic mass is 32.1. The lowest BCUT2D eigenvalue weighted by molar-refractivity contribution is 0.0638. The summed E-state index contributed by atoms with van der Waals surface area (Å²) in [6.07, 6.45) is 6.33. The van der Waals surface area contributed by atoms with Gasteiger partial charge in [-0.2, -0.15) is 0 Å². The average molecular weight is 299 g/mol. The molecule has 1 aromatic heterocycles. The maximum absolute atomic E-state index is 13.0. The van der Waals surface area contributed by atoms with E-state index in [0.717, 1.165) is 10.8 Å². The van der Waals surface area contributed by atoms with Crippen LogP contribution in [0.1, 0.15) is 48.7 Å². The molecule has 0 spiro atoms. The molecular formula is C18H21NOS. The molecule has 1 aliphatic carbocycles. The molecule has 2 aromatic rings. The van der Waals surface area contributed by atoms with Gasteiger partial charge in [-0.3, -0.25) is 4.79 Å². The largest absolute Gasteiger partial charge is 0.332 e. The second-order valence-electron chi connectivity index (χ2n) is 6.56. The van der Waals surface area contributed by atoms with E-state index in [-0.39, 0.29) is 5.91 Å². The Balaban J connectivity index is 1.66. The van der Waals surface area contributed by atoms with Crippen LogP contribution in [0.2, 0.25) is 0 Å². The molecule has 4 rings (SSSR count). The Bertz CT molecular complexity index is 644. The molecule has 1 amide bonds. The van der Waals surface area contributed by atoms with E-state index >= 15 is 0 Å². The number of amides is 1. The molecule has 1 saturated carbocycles. The van der Waals surface area contributed by atoms with Crippen LogP contribution in [0.5, 0.6) is 0 Å². The highest BCUT2D eigenvalue weighted by Gasteiger charge is 2.42. The minimum Gasteiger partial charge on any atom is -0.332 e. The van der Waals surface area contributed by atoms with Crippen molar-refractivity contribution < 1.29 is 4.79 Å². The third kappa shape index (κ3) is 2.18. The first kappa shape index (κ1) is 13.3. The van der Waals surface area contributed by atoms with Gasteiger partial charge in [0.2, 0.25) is 0 Å². The van der Waals surface area contributed by atoms with E-state index in [1.165, 1.54) is 42.2 Å². The Morgan fingerprint density at radius 2 is 2.05 bits per heavy atom. The maximum atomic E-state index is 13.0. The normalized spacial score (nSPS) is 28.8. The first-order valence-corrected chi connectivity index (χ1v) is 8.87. The zero-order valence-corrected chi connectivity index (χ0v) is 13.2. The van der Waals surface area contributed by atoms with Crippen molar-refractivity contribution >= 4 is 27.3 Å². The molecule has 0 N–H and O–H groups in total. The lowest BCUT2D eigenvalue weighted by Gasteiger charge is -2.33. The standard InChI is InChI=1S/C18H21NOS/c1-12-10-13-6-2-4-8-15(13)19(12)18(20)17-11-14-7-3-5-9-16(14)21-17/h3,5,7,9,11-13,15H,2,4,6,8,10H2,1H3. The van der Waals surface area contributed by atoms with Crippen molar-refractivity contribution in [2.24, 2.45) is 5.92 Å². The SMILES string of the molecule is CC1CC2CCCCC2N1C(=O)c1cc2ccccc2s1. The Kier molecular flexibility index (Phi) is 3.26. The smallest absolute Gasteiger partial charge is 0.264 e. The van der Waals surface area contributed by atoms with Gasteiger partial charge in [-0.1, -0.05) is 31.0 Å². The Morgan fingerprint density at radius 1 is 1.24 bits per heavy atom. The van der Waals surface area contributed by atoms with Crippen LogP contribution in [0, 0.1) is 5.92 Å². The fourth-order valence-electron chi connectivity index (χ4n) is 4.27. The van der Waals surface area contributed by atoms with Crippen LogP contribution >= 0.6 is 11.3 Å². The number of fused-ring (bicyclic) bond motifs is 2. The average Bonchev–Trinajstić information content (AvgIpc) is 3.06. The quantitative estimate of drug-likeness (QED) is 0.747. The molecule has 2 heterocycles. The van der Waals surface area contributed by atoms with Gasteiger partial charge in [-0.25, -0.2) is 0 Å². The minimum absolute atomic E-state index is 0.262. The van der Waals surface area contributed by atoms with Crippen LogP contribution in [0.15, 0.2) is 30.3 Å². The summed E-state index contributed by atoms with van der Waals surface area (Å²) in [4.78, 5) is 16.1. The third-order valence-corrected chi connectivity index (χ3v) is 6.32. The van der Waals surface area contributed by atoms with E-state index in [4.69, 9.17) is 0 Å². The van der Waals surface area contributed by atoms with Gasteiger partial charge < -0.3 is 4.90 Å². The van der Waals surface area contributed by atoms with Crippen molar-refractivity contribution in [3.05, 3.63) is 35.2 Å². The summed E-state index contributed by atoms with van der Waals surface area (Å²) in [5.41, 5.74) is 0. The number of hydrogen-bond acceptors (Lipinski definition) is 2. The predicted octanol–water partition coefficient (Wildman–Crippen LogP) is 4.69. The molecule has 110 valence electrons. The van der Waals surface area contributed by atoms with E-state index in [1.807, 2.05) is 12.1 Å². The van der Waals surface area contributed by atoms with Crippen molar-refractivity contribution in [2.45, 2.75) is 51.1 Å². The van der Waals surface area contributed by atoms with Gasteiger partial charge in [-0.15, -0.1) is 11.3 Å². The minimum atomic E-state index is 0.262. The molecule has 2 fully saturated rings. The first-order valence-electron chi connectivity index (χ1n) is 8.05. The third-order valence-electron chi connectivity index (χ3n) is 5.22. The van der Waals surface area contributed by atoms with Gasteiger partial charge in [0.1, 0.15) is 0 Å². The second kappa shape index (κ2) is 5.13. The molecule has 0 radical (unpaired) electrons. The number of rotatable bonds is 1. The molecule has 1 saturated heterocycles. The predicted molar refractivity (Wildman–Crippen MR) is 87.8 cm³/mol. The lowest BCUT2D eigenvalue weighted by atomic mass is 9.85. The van der Waals surface area contributed by atoms with Crippen LogP contribution in [-0.4, -0.2) is 22.9 Å². The van der Waals surface area contributed by atoms with Crippen LogP contribution in [0.25, 0.3) is 10.1 Å². The molecule has 0 bridgehead atoms. The summed E-state index contributed by atoms with van der Waals surface area (Å²) in [6, 6.07) is 11.3. The summed E-state index contributed by atoms with van der Waals surface area (Å²) in [6.45, 7) is 2.23. The van der Waals surface area contributed by atoms with Gasteiger partial charge >= 0.3 is 0 Å². The molecule has 2 aliphatic rings. The number of likely N-dealkylation sites (tertiary alicyclic amines) is 1. The summed E-state index contributed by atoms with van der Waals surface area (Å²) >= 11 is 1.64. The molecule has 1 aromatic carbocycles. The zero-order valence-electron chi connectivity index (χ0n) is 12.4. The van der Waals surface area contributed by atoms with Crippen molar-refractivity contribution in [2.75, 3.05) is 0 Å². The van der Waals surface area contributed by atoms with Crippen LogP contribution in [0.4, 0.5) is 0 Å². The summed E-state index contributed by atoms with van der Waals surface area (Å²) in [5.74, 6) is 1.00. The highest BCUT2D eigenvalue weighted by Crippen LogP contribution is 2.41. The molecule has 2 nitrogen and oxygen atoms in total. The summed E-state index contributed by atoms with van der Waals surface area (Å²) in [5, 5.41) is 1.19. The van der Waals surface area contributed by atoms with Gasteiger partial charge in [0.05, 0.1) is 4.88 Å². The second-order valence-corrected chi connectivity index (χ2v) is 7.64. The molecular weight excluding hydrogens is 278 g/mol. The number of thiophene rings is 1. The van der Waals surface area contributed by atoms with E-state index in [0.29, 0.717) is 12.1 Å². The molecule has 21 heavy (non-hydrogen) atoms. The fourth-order valence-corrected chi connectivity index (χ4v) is 5.28. The summed E-state index contributed by atoms with van der Waals surface area (Å²) in [7, 11) is 0. The molecule has 3 unspecified atom stereocenters. The lowest BCUT2D eigenvalue weighted by Crippen LogP contribution is -2.42. The first-order chi connectivity index (χ1) is 10.2. The Labute approximate surface area is 129 Å². The fraction of sp³-hybridized carbons (Fsp3) is 0.500. The molecule has 3 atom stereocenters. The molecule has 1 aliphatic heterocycles. The number of carbonyl (C=O) groups is 1.